The van der Waals surface area contributed by atoms with Gasteiger partial charge in [-0.05, 0) is 43.7 Å². The van der Waals surface area contributed by atoms with Gasteiger partial charge in [0, 0.05) is 12.6 Å². The van der Waals surface area contributed by atoms with Gasteiger partial charge in [-0.2, -0.15) is 0 Å². The van der Waals surface area contributed by atoms with Gasteiger partial charge < -0.3 is 10.6 Å². The summed E-state index contributed by atoms with van der Waals surface area (Å²) in [5.41, 5.74) is 0.750. The molecule has 0 radical (unpaired) electrons. The Morgan fingerprint density at radius 2 is 2.06 bits per heavy atom. The molecule has 0 unspecified atom stereocenters. The average Bonchev–Trinajstić information content (AvgIpc) is 3.15. The zero-order chi connectivity index (χ0) is 12.8. The van der Waals surface area contributed by atoms with Gasteiger partial charge in [-0.25, -0.2) is 9.18 Å². The molecular weight excluding hydrogens is 231 g/mol. The van der Waals surface area contributed by atoms with E-state index in [0.29, 0.717) is 12.6 Å². The quantitative estimate of drug-likeness (QED) is 0.749. The van der Waals surface area contributed by atoms with Crippen LogP contribution in [0.5, 0.6) is 0 Å². The number of benzene rings is 1. The van der Waals surface area contributed by atoms with E-state index in [9.17, 15) is 9.18 Å². The second kappa shape index (κ2) is 6.38. The van der Waals surface area contributed by atoms with Crippen molar-refractivity contribution in [3.63, 3.8) is 0 Å². The smallest absolute Gasteiger partial charge is 0.315 e. The van der Waals surface area contributed by atoms with E-state index in [1.54, 1.807) is 6.07 Å². The Morgan fingerprint density at radius 3 is 2.78 bits per heavy atom. The van der Waals surface area contributed by atoms with Crippen molar-refractivity contribution in [2.45, 2.75) is 38.1 Å². The maximum atomic E-state index is 13.3. The standard InChI is InChI=1S/C14H19FN2O/c15-13-7-2-1-5-11(13)6-3-4-10-16-14(18)17-12-8-9-12/h1-2,5,7,12H,3-4,6,8-10H2,(H2,16,17,18). The van der Waals surface area contributed by atoms with Crippen molar-refractivity contribution in [3.05, 3.63) is 35.6 Å². The first-order valence-electron chi connectivity index (χ1n) is 6.53. The number of amides is 2. The molecular formula is C14H19FN2O. The molecule has 0 spiro atoms. The molecule has 0 heterocycles. The predicted molar refractivity (Wildman–Crippen MR) is 68.9 cm³/mol. The second-order valence-electron chi connectivity index (χ2n) is 4.72. The summed E-state index contributed by atoms with van der Waals surface area (Å²) < 4.78 is 13.3. The zero-order valence-electron chi connectivity index (χ0n) is 10.4. The number of hydrogen-bond acceptors (Lipinski definition) is 1. The van der Waals surface area contributed by atoms with Crippen LogP contribution in [-0.2, 0) is 6.42 Å². The molecule has 1 fully saturated rings. The molecule has 98 valence electrons. The first-order valence-corrected chi connectivity index (χ1v) is 6.53. The van der Waals surface area contributed by atoms with Gasteiger partial charge in [-0.1, -0.05) is 18.2 Å². The van der Waals surface area contributed by atoms with Crippen LogP contribution in [0.2, 0.25) is 0 Å². The first kappa shape index (κ1) is 12.9. The van der Waals surface area contributed by atoms with Crippen molar-refractivity contribution in [1.29, 1.82) is 0 Å². The minimum absolute atomic E-state index is 0.0802. The van der Waals surface area contributed by atoms with Crippen molar-refractivity contribution in [3.8, 4) is 0 Å². The summed E-state index contributed by atoms with van der Waals surface area (Å²) in [6.45, 7) is 0.646. The summed E-state index contributed by atoms with van der Waals surface area (Å²) in [5, 5.41) is 5.67. The average molecular weight is 250 g/mol. The fourth-order valence-corrected chi connectivity index (χ4v) is 1.81. The largest absolute Gasteiger partial charge is 0.338 e. The van der Waals surface area contributed by atoms with E-state index < -0.39 is 0 Å². The molecule has 0 saturated heterocycles. The Balaban J connectivity index is 1.55. The van der Waals surface area contributed by atoms with E-state index in [-0.39, 0.29) is 11.8 Å². The Kier molecular flexibility index (Phi) is 4.56. The van der Waals surface area contributed by atoms with E-state index in [1.165, 1.54) is 6.07 Å². The minimum atomic E-state index is -0.142. The fourth-order valence-electron chi connectivity index (χ4n) is 1.81. The summed E-state index contributed by atoms with van der Waals surface area (Å²) in [6.07, 6.45) is 4.66. The molecule has 1 aliphatic rings. The molecule has 1 aromatic rings. The lowest BCUT2D eigenvalue weighted by Gasteiger charge is -2.06. The molecule has 18 heavy (non-hydrogen) atoms. The van der Waals surface area contributed by atoms with Crippen LogP contribution in [0.4, 0.5) is 9.18 Å². The van der Waals surface area contributed by atoms with Crippen LogP contribution in [-0.4, -0.2) is 18.6 Å². The van der Waals surface area contributed by atoms with E-state index in [2.05, 4.69) is 10.6 Å². The molecule has 1 saturated carbocycles. The van der Waals surface area contributed by atoms with Gasteiger partial charge in [-0.3, -0.25) is 0 Å². The van der Waals surface area contributed by atoms with Crippen molar-refractivity contribution in [1.82, 2.24) is 10.6 Å². The van der Waals surface area contributed by atoms with Crippen molar-refractivity contribution < 1.29 is 9.18 Å². The maximum absolute atomic E-state index is 13.3. The van der Waals surface area contributed by atoms with Gasteiger partial charge in [0.05, 0.1) is 0 Å². The van der Waals surface area contributed by atoms with Crippen molar-refractivity contribution >= 4 is 6.03 Å². The second-order valence-corrected chi connectivity index (χ2v) is 4.72. The highest BCUT2D eigenvalue weighted by molar-refractivity contribution is 5.74. The van der Waals surface area contributed by atoms with Crippen LogP contribution in [0.1, 0.15) is 31.2 Å². The van der Waals surface area contributed by atoms with Crippen LogP contribution in [0.15, 0.2) is 24.3 Å². The van der Waals surface area contributed by atoms with Gasteiger partial charge in [0.15, 0.2) is 0 Å². The number of aryl methyl sites for hydroxylation is 1. The molecule has 0 aromatic heterocycles. The number of nitrogens with one attached hydrogen (secondary N) is 2. The number of unbranched alkanes of at least 4 members (excludes halogenated alkanes) is 1. The summed E-state index contributed by atoms with van der Waals surface area (Å²) in [7, 11) is 0. The van der Waals surface area contributed by atoms with Crippen LogP contribution in [0.3, 0.4) is 0 Å². The Morgan fingerprint density at radius 1 is 1.28 bits per heavy atom. The highest BCUT2D eigenvalue weighted by atomic mass is 19.1. The summed E-state index contributed by atoms with van der Waals surface area (Å²) in [5.74, 6) is -0.142. The fraction of sp³-hybridized carbons (Fsp3) is 0.500. The van der Waals surface area contributed by atoms with Gasteiger partial charge in [-0.15, -0.1) is 0 Å². The zero-order valence-corrected chi connectivity index (χ0v) is 10.4. The molecule has 2 rings (SSSR count). The molecule has 2 N–H and O–H groups in total. The number of urea groups is 1. The van der Waals surface area contributed by atoms with E-state index in [4.69, 9.17) is 0 Å². The van der Waals surface area contributed by atoms with E-state index in [1.807, 2.05) is 12.1 Å². The summed E-state index contributed by atoms with van der Waals surface area (Å²) in [6, 6.07) is 7.15. The molecule has 4 heteroatoms. The predicted octanol–water partition coefficient (Wildman–Crippen LogP) is 2.61. The molecule has 2 amide bonds. The molecule has 1 aliphatic carbocycles. The molecule has 0 aliphatic heterocycles. The monoisotopic (exact) mass is 250 g/mol. The normalized spacial score (nSPS) is 14.3. The van der Waals surface area contributed by atoms with E-state index >= 15 is 0 Å². The SMILES string of the molecule is O=C(NCCCCc1ccccc1F)NC1CC1. The topological polar surface area (TPSA) is 41.1 Å². The molecule has 0 atom stereocenters. The number of hydrogen-bond donors (Lipinski definition) is 2. The number of carbonyl (C=O) groups excluding carboxylic acids is 1. The molecule has 0 bridgehead atoms. The molecule has 3 nitrogen and oxygen atoms in total. The summed E-state index contributed by atoms with van der Waals surface area (Å²) in [4.78, 5) is 11.3. The van der Waals surface area contributed by atoms with Crippen LogP contribution < -0.4 is 10.6 Å². The van der Waals surface area contributed by atoms with Crippen LogP contribution in [0, 0.1) is 5.82 Å². The Labute approximate surface area is 107 Å². The van der Waals surface area contributed by atoms with Crippen LogP contribution >= 0.6 is 0 Å². The third-order valence-corrected chi connectivity index (χ3v) is 3.03. The molecule has 1 aromatic carbocycles. The highest BCUT2D eigenvalue weighted by Gasteiger charge is 2.22. The summed E-state index contributed by atoms with van der Waals surface area (Å²) >= 11 is 0. The minimum Gasteiger partial charge on any atom is -0.338 e. The van der Waals surface area contributed by atoms with Gasteiger partial charge in [0.25, 0.3) is 0 Å². The maximum Gasteiger partial charge on any atom is 0.315 e. The van der Waals surface area contributed by atoms with Gasteiger partial charge in [0.2, 0.25) is 0 Å². The third kappa shape index (κ3) is 4.35. The first-order chi connectivity index (χ1) is 8.75. The van der Waals surface area contributed by atoms with Gasteiger partial charge in [0.1, 0.15) is 5.82 Å². The van der Waals surface area contributed by atoms with Crippen LogP contribution in [0.25, 0.3) is 0 Å². The lowest BCUT2D eigenvalue weighted by molar-refractivity contribution is 0.240. The Hall–Kier alpha value is -1.58. The third-order valence-electron chi connectivity index (χ3n) is 3.03. The number of halogens is 1. The number of carbonyl (C=O) groups is 1. The lowest BCUT2D eigenvalue weighted by Crippen LogP contribution is -2.37. The highest BCUT2D eigenvalue weighted by Crippen LogP contribution is 2.18. The van der Waals surface area contributed by atoms with E-state index in [0.717, 1.165) is 37.7 Å². The Bertz CT molecular complexity index is 405. The van der Waals surface area contributed by atoms with Crippen molar-refractivity contribution in [2.24, 2.45) is 0 Å². The lowest BCUT2D eigenvalue weighted by atomic mass is 10.1. The van der Waals surface area contributed by atoms with Crippen molar-refractivity contribution in [2.75, 3.05) is 6.54 Å². The van der Waals surface area contributed by atoms with Gasteiger partial charge >= 0.3 is 6.03 Å². The number of rotatable bonds is 6.